The molecule has 2 saturated carbocycles. The standard InChI is InChI=1S/C17H26O6/c1-11(2)15(21)22-9-14(20)23-17(12(3)8-18)5-4-13(19)16(10-17)6-7-16/h12-13,18-19H,1,4-10H2,2-3H3/t12-,13?,17?/m0/s1. The fourth-order valence-corrected chi connectivity index (χ4v) is 3.44. The summed E-state index contributed by atoms with van der Waals surface area (Å²) >= 11 is 0. The van der Waals surface area contributed by atoms with Crippen molar-refractivity contribution in [3.63, 3.8) is 0 Å². The average Bonchev–Trinajstić information content (AvgIpc) is 3.28. The molecule has 2 aliphatic rings. The average molecular weight is 326 g/mol. The van der Waals surface area contributed by atoms with E-state index in [-0.39, 0.29) is 29.6 Å². The topological polar surface area (TPSA) is 93.1 Å². The van der Waals surface area contributed by atoms with E-state index in [1.807, 2.05) is 6.92 Å². The second kappa shape index (κ2) is 6.61. The van der Waals surface area contributed by atoms with E-state index >= 15 is 0 Å². The lowest BCUT2D eigenvalue weighted by Crippen LogP contribution is -2.51. The van der Waals surface area contributed by atoms with E-state index in [9.17, 15) is 19.8 Å². The van der Waals surface area contributed by atoms with Gasteiger partial charge in [-0.25, -0.2) is 9.59 Å². The molecule has 0 radical (unpaired) electrons. The largest absolute Gasteiger partial charge is 0.456 e. The highest BCUT2D eigenvalue weighted by Crippen LogP contribution is 2.60. The third-order valence-electron chi connectivity index (χ3n) is 5.25. The van der Waals surface area contributed by atoms with Gasteiger partial charge in [-0.05, 0) is 39.0 Å². The summed E-state index contributed by atoms with van der Waals surface area (Å²) in [5.41, 5.74) is -0.776. The molecule has 2 N–H and O–H groups in total. The molecular weight excluding hydrogens is 300 g/mol. The first-order valence-corrected chi connectivity index (χ1v) is 8.08. The second-order valence-corrected chi connectivity index (χ2v) is 7.07. The Bertz CT molecular complexity index is 495. The molecule has 0 saturated heterocycles. The summed E-state index contributed by atoms with van der Waals surface area (Å²) in [7, 11) is 0. The maximum Gasteiger partial charge on any atom is 0.344 e. The molecule has 0 bridgehead atoms. The van der Waals surface area contributed by atoms with E-state index in [0.717, 1.165) is 12.8 Å². The van der Waals surface area contributed by atoms with Gasteiger partial charge in [0.2, 0.25) is 0 Å². The first-order valence-electron chi connectivity index (χ1n) is 8.08. The van der Waals surface area contributed by atoms with Crippen LogP contribution in [0, 0.1) is 11.3 Å². The summed E-state index contributed by atoms with van der Waals surface area (Å²) in [6.45, 7) is 6.21. The zero-order valence-corrected chi connectivity index (χ0v) is 13.8. The number of ether oxygens (including phenoxy) is 2. The number of carbonyl (C=O) groups is 2. The Morgan fingerprint density at radius 3 is 2.52 bits per heavy atom. The Labute approximate surface area is 136 Å². The molecule has 0 aliphatic heterocycles. The Morgan fingerprint density at radius 1 is 1.35 bits per heavy atom. The van der Waals surface area contributed by atoms with Crippen molar-refractivity contribution in [1.29, 1.82) is 0 Å². The van der Waals surface area contributed by atoms with E-state index in [2.05, 4.69) is 6.58 Å². The number of hydrogen-bond donors (Lipinski definition) is 2. The highest BCUT2D eigenvalue weighted by atomic mass is 16.6. The summed E-state index contributed by atoms with van der Waals surface area (Å²) in [6, 6.07) is 0. The summed E-state index contributed by atoms with van der Waals surface area (Å²) in [5, 5.41) is 19.7. The molecule has 2 aliphatic carbocycles. The fraction of sp³-hybridized carbons (Fsp3) is 0.765. The summed E-state index contributed by atoms with van der Waals surface area (Å²) < 4.78 is 10.5. The maximum absolute atomic E-state index is 12.1. The molecule has 2 unspecified atom stereocenters. The summed E-state index contributed by atoms with van der Waals surface area (Å²) in [4.78, 5) is 23.5. The molecule has 23 heavy (non-hydrogen) atoms. The van der Waals surface area contributed by atoms with Crippen LogP contribution in [-0.4, -0.2) is 47.1 Å². The van der Waals surface area contributed by atoms with Gasteiger partial charge < -0.3 is 19.7 Å². The molecule has 6 heteroatoms. The Kier molecular flexibility index (Phi) is 5.16. The first kappa shape index (κ1) is 17.9. The molecule has 0 heterocycles. The van der Waals surface area contributed by atoms with Crippen LogP contribution in [0.1, 0.15) is 46.0 Å². The number of hydrogen-bond acceptors (Lipinski definition) is 6. The minimum atomic E-state index is -0.808. The molecule has 130 valence electrons. The van der Waals surface area contributed by atoms with Crippen LogP contribution in [0.25, 0.3) is 0 Å². The van der Waals surface area contributed by atoms with Crippen LogP contribution in [0.5, 0.6) is 0 Å². The first-order chi connectivity index (χ1) is 10.7. The van der Waals surface area contributed by atoms with Crippen molar-refractivity contribution >= 4 is 11.9 Å². The van der Waals surface area contributed by atoms with Crippen LogP contribution < -0.4 is 0 Å². The molecule has 0 aromatic rings. The van der Waals surface area contributed by atoms with Crippen molar-refractivity contribution in [2.75, 3.05) is 13.2 Å². The van der Waals surface area contributed by atoms with Gasteiger partial charge in [-0.1, -0.05) is 13.5 Å². The third kappa shape index (κ3) is 3.75. The van der Waals surface area contributed by atoms with Crippen molar-refractivity contribution in [1.82, 2.24) is 0 Å². The smallest absolute Gasteiger partial charge is 0.344 e. The van der Waals surface area contributed by atoms with Crippen LogP contribution in [0.4, 0.5) is 0 Å². The number of esters is 2. The third-order valence-corrected chi connectivity index (χ3v) is 5.25. The van der Waals surface area contributed by atoms with Crippen LogP contribution in [-0.2, 0) is 19.1 Å². The molecule has 6 nitrogen and oxygen atoms in total. The van der Waals surface area contributed by atoms with Gasteiger partial charge in [-0.3, -0.25) is 0 Å². The van der Waals surface area contributed by atoms with E-state index in [4.69, 9.17) is 9.47 Å². The van der Waals surface area contributed by atoms with E-state index in [0.29, 0.717) is 19.3 Å². The molecule has 2 rings (SSSR count). The minimum absolute atomic E-state index is 0.106. The molecule has 3 atom stereocenters. The number of aliphatic hydroxyl groups is 2. The van der Waals surface area contributed by atoms with Crippen LogP contribution in [0.2, 0.25) is 0 Å². The van der Waals surface area contributed by atoms with Crippen molar-refractivity contribution in [2.45, 2.75) is 57.7 Å². The Balaban J connectivity index is 2.03. The van der Waals surface area contributed by atoms with Gasteiger partial charge in [0.05, 0.1) is 6.10 Å². The van der Waals surface area contributed by atoms with Gasteiger partial charge in [0, 0.05) is 23.5 Å². The molecule has 1 spiro atoms. The van der Waals surface area contributed by atoms with Crippen molar-refractivity contribution in [2.24, 2.45) is 11.3 Å². The lowest BCUT2D eigenvalue weighted by molar-refractivity contribution is -0.188. The quantitative estimate of drug-likeness (QED) is 0.565. The van der Waals surface area contributed by atoms with Gasteiger partial charge in [0.1, 0.15) is 5.60 Å². The van der Waals surface area contributed by atoms with Gasteiger partial charge in [-0.2, -0.15) is 0 Å². The summed E-state index contributed by atoms with van der Waals surface area (Å²) in [6.07, 6.45) is 3.04. The highest BCUT2D eigenvalue weighted by molar-refractivity contribution is 5.88. The number of carbonyl (C=O) groups excluding carboxylic acids is 2. The van der Waals surface area contributed by atoms with Gasteiger partial charge >= 0.3 is 11.9 Å². The van der Waals surface area contributed by atoms with Crippen LogP contribution >= 0.6 is 0 Å². The lowest BCUT2D eigenvalue weighted by atomic mass is 9.69. The molecule has 2 fully saturated rings. The van der Waals surface area contributed by atoms with Gasteiger partial charge in [0.15, 0.2) is 6.61 Å². The van der Waals surface area contributed by atoms with Crippen molar-refractivity contribution in [3.05, 3.63) is 12.2 Å². The predicted molar refractivity (Wildman–Crippen MR) is 82.4 cm³/mol. The van der Waals surface area contributed by atoms with E-state index < -0.39 is 24.1 Å². The molecule has 0 aromatic heterocycles. The van der Waals surface area contributed by atoms with Gasteiger partial charge in [0.25, 0.3) is 0 Å². The zero-order chi connectivity index (χ0) is 17.3. The number of aliphatic hydroxyl groups excluding tert-OH is 2. The molecular formula is C17H26O6. The second-order valence-electron chi connectivity index (χ2n) is 7.07. The van der Waals surface area contributed by atoms with Crippen molar-refractivity contribution < 1.29 is 29.3 Å². The van der Waals surface area contributed by atoms with Gasteiger partial charge in [-0.15, -0.1) is 0 Å². The Morgan fingerprint density at radius 2 is 2.00 bits per heavy atom. The molecule has 0 aromatic carbocycles. The minimum Gasteiger partial charge on any atom is -0.456 e. The lowest BCUT2D eigenvalue weighted by Gasteiger charge is -2.46. The van der Waals surface area contributed by atoms with E-state index in [1.165, 1.54) is 6.92 Å². The molecule has 0 amide bonds. The van der Waals surface area contributed by atoms with Crippen LogP contribution in [0.15, 0.2) is 12.2 Å². The van der Waals surface area contributed by atoms with E-state index in [1.54, 1.807) is 0 Å². The predicted octanol–water partition coefficient (Wildman–Crippen LogP) is 1.34. The summed E-state index contributed by atoms with van der Waals surface area (Å²) in [5.74, 6) is -1.51. The number of rotatable bonds is 6. The maximum atomic E-state index is 12.1. The monoisotopic (exact) mass is 326 g/mol. The normalized spacial score (nSPS) is 29.7. The fourth-order valence-electron chi connectivity index (χ4n) is 3.44. The van der Waals surface area contributed by atoms with Crippen LogP contribution in [0.3, 0.4) is 0 Å². The SMILES string of the molecule is C=C(C)C(=O)OCC(=O)OC1([C@@H](C)CO)CCC(O)C2(CC2)C1. The van der Waals surface area contributed by atoms with Crippen molar-refractivity contribution in [3.8, 4) is 0 Å². The highest BCUT2D eigenvalue weighted by Gasteiger charge is 2.59. The Hall–Kier alpha value is -1.40. The zero-order valence-electron chi connectivity index (χ0n) is 13.8.